The molecule has 0 aliphatic carbocycles. The Kier molecular flexibility index (Phi) is 5.75. The minimum atomic E-state index is -0.882. The van der Waals surface area contributed by atoms with Gasteiger partial charge in [0.15, 0.2) is 17.2 Å². The average molecular weight is 437 g/mol. The highest BCUT2D eigenvalue weighted by atomic mass is 19.1. The van der Waals surface area contributed by atoms with Gasteiger partial charge in [-0.3, -0.25) is 9.67 Å². The first-order valence-electron chi connectivity index (χ1n) is 10.0. The Bertz CT molecular complexity index is 1270. The second-order valence-corrected chi connectivity index (χ2v) is 8.12. The van der Waals surface area contributed by atoms with Crippen LogP contribution < -0.4 is 9.47 Å². The maximum Gasteiger partial charge on any atom is 0.179 e. The van der Waals surface area contributed by atoms with E-state index in [2.05, 4.69) is 20.1 Å². The van der Waals surface area contributed by atoms with E-state index in [0.29, 0.717) is 40.4 Å². The van der Waals surface area contributed by atoms with Gasteiger partial charge in [-0.2, -0.15) is 5.10 Å². The lowest BCUT2D eigenvalue weighted by Crippen LogP contribution is -2.26. The Labute approximate surface area is 184 Å². The highest BCUT2D eigenvalue weighted by molar-refractivity contribution is 5.73. The predicted molar refractivity (Wildman–Crippen MR) is 117 cm³/mol. The highest BCUT2D eigenvalue weighted by Crippen LogP contribution is 2.29. The van der Waals surface area contributed by atoms with Crippen LogP contribution in [0.5, 0.6) is 11.5 Å². The van der Waals surface area contributed by atoms with E-state index in [9.17, 15) is 9.50 Å². The number of halogens is 1. The summed E-state index contributed by atoms with van der Waals surface area (Å²) < 4.78 is 26.7. The number of rotatable bonds is 7. The molecule has 166 valence electrons. The van der Waals surface area contributed by atoms with Gasteiger partial charge in [-0.25, -0.2) is 14.4 Å². The second-order valence-electron chi connectivity index (χ2n) is 8.12. The average Bonchev–Trinajstić information content (AvgIpc) is 3.21. The zero-order valence-electron chi connectivity index (χ0n) is 18.3. The van der Waals surface area contributed by atoms with Crippen LogP contribution in [0.25, 0.3) is 22.4 Å². The topological polar surface area (TPSA) is 95.2 Å². The molecular formula is C23H24FN5O3. The number of ether oxygens (including phenoxy) is 2. The van der Waals surface area contributed by atoms with Gasteiger partial charge in [0.1, 0.15) is 11.3 Å². The number of aliphatic hydroxyl groups is 1. The molecule has 0 saturated carbocycles. The van der Waals surface area contributed by atoms with Gasteiger partial charge in [-0.1, -0.05) is 0 Å². The fraction of sp³-hybridized carbons (Fsp3) is 0.304. The molecule has 0 saturated heterocycles. The molecule has 0 aliphatic rings. The third-order valence-corrected chi connectivity index (χ3v) is 4.86. The van der Waals surface area contributed by atoms with E-state index in [-0.39, 0.29) is 12.2 Å². The zero-order valence-corrected chi connectivity index (χ0v) is 18.3. The normalized spacial score (nSPS) is 11.7. The van der Waals surface area contributed by atoms with E-state index >= 15 is 0 Å². The third kappa shape index (κ3) is 4.67. The number of methoxy groups -OCH3 is 2. The second kappa shape index (κ2) is 8.51. The summed E-state index contributed by atoms with van der Waals surface area (Å²) >= 11 is 0. The van der Waals surface area contributed by atoms with Crippen LogP contribution in [-0.4, -0.2) is 49.7 Å². The number of pyridine rings is 1. The minimum absolute atomic E-state index is 0.116. The monoisotopic (exact) mass is 437 g/mol. The van der Waals surface area contributed by atoms with Crippen LogP contribution >= 0.6 is 0 Å². The van der Waals surface area contributed by atoms with Crippen LogP contribution in [0.4, 0.5) is 4.39 Å². The maximum absolute atomic E-state index is 14.7. The van der Waals surface area contributed by atoms with Crippen molar-refractivity contribution in [1.82, 2.24) is 24.7 Å². The molecule has 1 N–H and O–H groups in total. The van der Waals surface area contributed by atoms with Crippen LogP contribution in [-0.2, 0) is 13.0 Å². The number of fused-ring (bicyclic) bond motifs is 1. The molecule has 0 unspecified atom stereocenters. The summed E-state index contributed by atoms with van der Waals surface area (Å²) in [4.78, 5) is 13.6. The molecular weight excluding hydrogens is 413 g/mol. The van der Waals surface area contributed by atoms with Gasteiger partial charge in [0.2, 0.25) is 0 Å². The van der Waals surface area contributed by atoms with Crippen molar-refractivity contribution in [3.05, 3.63) is 59.9 Å². The first kappa shape index (κ1) is 21.6. The van der Waals surface area contributed by atoms with Crippen molar-refractivity contribution in [3.8, 4) is 22.8 Å². The van der Waals surface area contributed by atoms with Gasteiger partial charge >= 0.3 is 0 Å². The van der Waals surface area contributed by atoms with Gasteiger partial charge in [-0.15, -0.1) is 0 Å². The maximum atomic E-state index is 14.7. The SMILES string of the molecule is COc1cc(Cc2ccc3ncc(-c4cnn(CC(C)(C)O)c4)nc3n2)c(F)c(OC)c1. The molecule has 4 rings (SSSR count). The summed E-state index contributed by atoms with van der Waals surface area (Å²) in [5.74, 6) is 0.170. The molecule has 9 heteroatoms. The van der Waals surface area contributed by atoms with Crippen molar-refractivity contribution in [2.24, 2.45) is 0 Å². The highest BCUT2D eigenvalue weighted by Gasteiger charge is 2.16. The standard InChI is InChI=1S/C23H24FN5O3/c1-23(2,30)13-29-12-15(10-26-29)19-11-25-18-6-5-16(27-22(18)28-19)7-14-8-17(31-3)9-20(32-4)21(14)24/h5-6,8-12,30H,7,13H2,1-4H3. The van der Waals surface area contributed by atoms with E-state index in [1.807, 2.05) is 6.07 Å². The fourth-order valence-electron chi connectivity index (χ4n) is 3.37. The molecule has 0 aliphatic heterocycles. The molecule has 4 aromatic rings. The molecule has 8 nitrogen and oxygen atoms in total. The van der Waals surface area contributed by atoms with Crippen LogP contribution in [0, 0.1) is 5.82 Å². The Morgan fingerprint density at radius 2 is 1.91 bits per heavy atom. The Balaban J connectivity index is 1.65. The molecule has 0 amide bonds. The first-order chi connectivity index (χ1) is 15.3. The van der Waals surface area contributed by atoms with Crippen molar-refractivity contribution in [1.29, 1.82) is 0 Å². The lowest BCUT2D eigenvalue weighted by atomic mass is 10.1. The van der Waals surface area contributed by atoms with Crippen molar-refractivity contribution in [2.45, 2.75) is 32.4 Å². The van der Waals surface area contributed by atoms with E-state index in [1.165, 1.54) is 20.3 Å². The van der Waals surface area contributed by atoms with Gasteiger partial charge in [0.25, 0.3) is 0 Å². The van der Waals surface area contributed by atoms with Gasteiger partial charge in [0.05, 0.1) is 44.5 Å². The van der Waals surface area contributed by atoms with Gasteiger partial charge in [-0.05, 0) is 32.0 Å². The molecule has 0 fully saturated rings. The van der Waals surface area contributed by atoms with E-state index in [0.717, 1.165) is 5.56 Å². The van der Waals surface area contributed by atoms with Crippen molar-refractivity contribution in [3.63, 3.8) is 0 Å². The molecule has 0 atom stereocenters. The molecule has 32 heavy (non-hydrogen) atoms. The van der Waals surface area contributed by atoms with Crippen molar-refractivity contribution in [2.75, 3.05) is 14.2 Å². The third-order valence-electron chi connectivity index (χ3n) is 4.86. The summed E-state index contributed by atoms with van der Waals surface area (Å²) in [6.45, 7) is 3.79. The number of nitrogens with zero attached hydrogens (tertiary/aromatic N) is 5. The van der Waals surface area contributed by atoms with E-state index in [1.54, 1.807) is 49.3 Å². The van der Waals surface area contributed by atoms with Crippen LogP contribution in [0.15, 0.2) is 42.9 Å². The number of aromatic nitrogens is 5. The summed E-state index contributed by atoms with van der Waals surface area (Å²) in [5.41, 5.74) is 2.61. The molecule has 3 heterocycles. The fourth-order valence-corrected chi connectivity index (χ4v) is 3.37. The number of hydrogen-bond donors (Lipinski definition) is 1. The molecule has 3 aromatic heterocycles. The summed E-state index contributed by atoms with van der Waals surface area (Å²) in [6, 6.07) is 6.73. The Morgan fingerprint density at radius 1 is 1.09 bits per heavy atom. The molecule has 0 bridgehead atoms. The summed E-state index contributed by atoms with van der Waals surface area (Å²) in [7, 11) is 2.93. The molecule has 0 radical (unpaired) electrons. The van der Waals surface area contributed by atoms with Crippen LogP contribution in [0.2, 0.25) is 0 Å². The van der Waals surface area contributed by atoms with Crippen molar-refractivity contribution < 1.29 is 19.0 Å². The Hall–Kier alpha value is -3.59. The zero-order chi connectivity index (χ0) is 22.9. The quantitative estimate of drug-likeness (QED) is 0.473. The molecule has 0 spiro atoms. The van der Waals surface area contributed by atoms with Crippen LogP contribution in [0.3, 0.4) is 0 Å². The lowest BCUT2D eigenvalue weighted by Gasteiger charge is -2.16. The van der Waals surface area contributed by atoms with Crippen molar-refractivity contribution >= 4 is 11.2 Å². The number of hydrogen-bond acceptors (Lipinski definition) is 7. The first-order valence-corrected chi connectivity index (χ1v) is 10.0. The minimum Gasteiger partial charge on any atom is -0.497 e. The smallest absolute Gasteiger partial charge is 0.179 e. The van der Waals surface area contributed by atoms with Crippen LogP contribution in [0.1, 0.15) is 25.1 Å². The Morgan fingerprint density at radius 3 is 2.62 bits per heavy atom. The van der Waals surface area contributed by atoms with E-state index < -0.39 is 11.4 Å². The van der Waals surface area contributed by atoms with E-state index in [4.69, 9.17) is 9.47 Å². The number of benzene rings is 1. The molecule has 1 aromatic carbocycles. The summed E-state index contributed by atoms with van der Waals surface area (Å²) in [5, 5.41) is 14.3. The largest absolute Gasteiger partial charge is 0.497 e. The lowest BCUT2D eigenvalue weighted by molar-refractivity contribution is 0.0577. The van der Waals surface area contributed by atoms with Gasteiger partial charge in [0, 0.05) is 35.5 Å². The summed E-state index contributed by atoms with van der Waals surface area (Å²) in [6.07, 6.45) is 5.37. The van der Waals surface area contributed by atoms with Gasteiger partial charge < -0.3 is 14.6 Å². The predicted octanol–water partition coefficient (Wildman–Crippen LogP) is 3.41.